The van der Waals surface area contributed by atoms with Crippen molar-refractivity contribution < 1.29 is 4.79 Å². The highest BCUT2D eigenvalue weighted by Crippen LogP contribution is 2.48. The molecule has 3 nitrogen and oxygen atoms in total. The molecule has 1 heterocycles. The largest absolute Gasteiger partial charge is 0.296 e. The van der Waals surface area contributed by atoms with Crippen LogP contribution in [-0.4, -0.2) is 29.3 Å². The summed E-state index contributed by atoms with van der Waals surface area (Å²) >= 11 is 0. The first-order valence-corrected chi connectivity index (χ1v) is 8.64. The van der Waals surface area contributed by atoms with Crippen LogP contribution >= 0.6 is 0 Å². The number of rotatable bonds is 4. The Morgan fingerprint density at radius 3 is 2.70 bits per heavy atom. The van der Waals surface area contributed by atoms with Gasteiger partial charge in [-0.3, -0.25) is 9.69 Å². The molecule has 0 radical (unpaired) electrons. The van der Waals surface area contributed by atoms with Gasteiger partial charge in [-0.05, 0) is 43.1 Å². The Hall–Kier alpha value is -1.66. The Balaban J connectivity index is 1.74. The SMILES string of the molecule is C[C@H]1[C@H]2C[C@H](CC(C)(C)C2)N1CC(=O)[C@@H](C#N)c1ccccc1. The monoisotopic (exact) mass is 310 g/mol. The first-order valence-electron chi connectivity index (χ1n) is 8.64. The van der Waals surface area contributed by atoms with Crippen LogP contribution in [0.2, 0.25) is 0 Å². The predicted octanol–water partition coefficient (Wildman–Crippen LogP) is 3.76. The molecule has 3 heteroatoms. The maximum Gasteiger partial charge on any atom is 0.168 e. The molecule has 0 N–H and O–H groups in total. The van der Waals surface area contributed by atoms with Crippen LogP contribution < -0.4 is 0 Å². The van der Waals surface area contributed by atoms with Gasteiger partial charge in [-0.2, -0.15) is 5.26 Å². The van der Waals surface area contributed by atoms with Gasteiger partial charge in [0.1, 0.15) is 5.92 Å². The summed E-state index contributed by atoms with van der Waals surface area (Å²) in [6.07, 6.45) is 3.61. The zero-order chi connectivity index (χ0) is 16.6. The van der Waals surface area contributed by atoms with Crippen molar-refractivity contribution in [1.82, 2.24) is 4.90 Å². The van der Waals surface area contributed by atoms with E-state index >= 15 is 0 Å². The van der Waals surface area contributed by atoms with Gasteiger partial charge in [0.05, 0.1) is 12.6 Å². The Kier molecular flexibility index (Phi) is 4.29. The number of hydrogen-bond donors (Lipinski definition) is 0. The fourth-order valence-electron chi connectivity index (χ4n) is 4.69. The summed E-state index contributed by atoms with van der Waals surface area (Å²) in [6.45, 7) is 7.34. The second kappa shape index (κ2) is 6.09. The number of carbonyl (C=O) groups is 1. The summed E-state index contributed by atoms with van der Waals surface area (Å²) in [5.74, 6) is 0.0848. The Bertz CT molecular complexity index is 616. The molecular weight excluding hydrogens is 284 g/mol. The van der Waals surface area contributed by atoms with Crippen molar-refractivity contribution in [2.75, 3.05) is 6.54 Å². The number of nitriles is 1. The molecule has 2 aliphatic rings. The van der Waals surface area contributed by atoms with Gasteiger partial charge in [0.15, 0.2) is 5.78 Å². The first kappa shape index (κ1) is 16.2. The number of likely N-dealkylation sites (tertiary alicyclic amines) is 1. The minimum atomic E-state index is -0.642. The number of fused-ring (bicyclic) bond motifs is 2. The summed E-state index contributed by atoms with van der Waals surface area (Å²) in [4.78, 5) is 15.1. The van der Waals surface area contributed by atoms with Crippen LogP contribution in [0.5, 0.6) is 0 Å². The van der Waals surface area contributed by atoms with Crippen molar-refractivity contribution in [3.05, 3.63) is 35.9 Å². The Labute approximate surface area is 139 Å². The van der Waals surface area contributed by atoms with Crippen LogP contribution in [0.15, 0.2) is 30.3 Å². The Morgan fingerprint density at radius 2 is 2.04 bits per heavy atom. The molecule has 4 atom stereocenters. The van der Waals surface area contributed by atoms with E-state index in [1.807, 2.05) is 30.3 Å². The summed E-state index contributed by atoms with van der Waals surface area (Å²) < 4.78 is 0. The zero-order valence-electron chi connectivity index (χ0n) is 14.3. The lowest BCUT2D eigenvalue weighted by atomic mass is 9.71. The van der Waals surface area contributed by atoms with Crippen LogP contribution in [0.1, 0.15) is 51.5 Å². The molecular formula is C20H26N2O. The third-order valence-corrected chi connectivity index (χ3v) is 5.77. The van der Waals surface area contributed by atoms with E-state index in [9.17, 15) is 10.1 Å². The van der Waals surface area contributed by atoms with E-state index in [-0.39, 0.29) is 5.78 Å². The Morgan fingerprint density at radius 1 is 1.35 bits per heavy atom. The average molecular weight is 310 g/mol. The third-order valence-electron chi connectivity index (χ3n) is 5.77. The fourth-order valence-corrected chi connectivity index (χ4v) is 4.69. The minimum absolute atomic E-state index is 0.0379. The normalized spacial score (nSPS) is 30.6. The summed E-state index contributed by atoms with van der Waals surface area (Å²) in [5.41, 5.74) is 1.18. The molecule has 1 aromatic rings. The molecule has 2 bridgehead atoms. The van der Waals surface area contributed by atoms with Gasteiger partial charge >= 0.3 is 0 Å². The number of carbonyl (C=O) groups excluding carboxylic acids is 1. The van der Waals surface area contributed by atoms with E-state index in [1.165, 1.54) is 12.8 Å². The van der Waals surface area contributed by atoms with Crippen molar-refractivity contribution in [1.29, 1.82) is 5.26 Å². The van der Waals surface area contributed by atoms with Gasteiger partial charge in [0, 0.05) is 12.1 Å². The second-order valence-electron chi connectivity index (χ2n) is 8.07. The smallest absolute Gasteiger partial charge is 0.168 e. The maximum atomic E-state index is 12.8. The van der Waals surface area contributed by atoms with Crippen molar-refractivity contribution in [3.8, 4) is 6.07 Å². The molecule has 0 unspecified atom stereocenters. The first-order chi connectivity index (χ1) is 10.9. The highest BCUT2D eigenvalue weighted by molar-refractivity contribution is 5.90. The van der Waals surface area contributed by atoms with Gasteiger partial charge < -0.3 is 0 Å². The molecule has 3 rings (SSSR count). The van der Waals surface area contributed by atoms with Crippen molar-refractivity contribution in [3.63, 3.8) is 0 Å². The van der Waals surface area contributed by atoms with Gasteiger partial charge in [0.25, 0.3) is 0 Å². The lowest BCUT2D eigenvalue weighted by molar-refractivity contribution is -0.121. The molecule has 122 valence electrons. The molecule has 1 aliphatic heterocycles. The van der Waals surface area contributed by atoms with Crippen LogP contribution in [0.4, 0.5) is 0 Å². The van der Waals surface area contributed by atoms with Gasteiger partial charge in [-0.25, -0.2) is 0 Å². The molecule has 0 amide bonds. The summed E-state index contributed by atoms with van der Waals surface area (Å²) in [6, 6.07) is 12.6. The lowest BCUT2D eigenvalue weighted by Gasteiger charge is -2.35. The minimum Gasteiger partial charge on any atom is -0.296 e. The predicted molar refractivity (Wildman–Crippen MR) is 90.9 cm³/mol. The van der Waals surface area contributed by atoms with E-state index < -0.39 is 5.92 Å². The molecule has 0 aromatic heterocycles. The number of benzene rings is 1. The van der Waals surface area contributed by atoms with Crippen molar-refractivity contribution in [2.45, 2.75) is 58.0 Å². The molecule has 0 spiro atoms. The number of ketones is 1. The van der Waals surface area contributed by atoms with Crippen LogP contribution in [0, 0.1) is 22.7 Å². The number of hydrogen-bond acceptors (Lipinski definition) is 3. The van der Waals surface area contributed by atoms with Crippen LogP contribution in [-0.2, 0) is 4.79 Å². The van der Waals surface area contributed by atoms with Crippen molar-refractivity contribution >= 4 is 5.78 Å². The fraction of sp³-hybridized carbons (Fsp3) is 0.600. The van der Waals surface area contributed by atoms with Crippen LogP contribution in [0.25, 0.3) is 0 Å². The molecule has 1 saturated heterocycles. The van der Waals surface area contributed by atoms with E-state index in [4.69, 9.17) is 0 Å². The second-order valence-corrected chi connectivity index (χ2v) is 8.07. The van der Waals surface area contributed by atoms with Crippen molar-refractivity contribution in [2.24, 2.45) is 11.3 Å². The highest BCUT2D eigenvalue weighted by Gasteiger charge is 2.47. The average Bonchev–Trinajstić information content (AvgIpc) is 2.72. The quantitative estimate of drug-likeness (QED) is 0.850. The zero-order valence-corrected chi connectivity index (χ0v) is 14.3. The van der Waals surface area contributed by atoms with E-state index in [0.717, 1.165) is 12.0 Å². The molecule has 1 aliphatic carbocycles. The number of Topliss-reactive ketones (excluding diaryl/α,β-unsaturated/α-hetero) is 1. The lowest BCUT2D eigenvalue weighted by Crippen LogP contribution is -2.40. The maximum absolute atomic E-state index is 12.8. The standard InChI is InChI=1S/C20H26N2O/c1-14-16-9-17(11-20(2,3)10-16)22(14)13-19(23)18(12-21)15-7-5-4-6-8-15/h4-8,14,16-18H,9-11,13H2,1-3H3/t14-,16-,17+,18-/m0/s1. The molecule has 2 fully saturated rings. The molecule has 1 saturated carbocycles. The van der Waals surface area contributed by atoms with E-state index in [1.54, 1.807) is 0 Å². The van der Waals surface area contributed by atoms with Gasteiger partial charge in [-0.15, -0.1) is 0 Å². The summed E-state index contributed by atoms with van der Waals surface area (Å²) in [7, 11) is 0. The van der Waals surface area contributed by atoms with E-state index in [2.05, 4.69) is 31.7 Å². The highest BCUT2D eigenvalue weighted by atomic mass is 16.1. The summed E-state index contributed by atoms with van der Waals surface area (Å²) in [5, 5.41) is 9.47. The number of nitrogens with zero attached hydrogens (tertiary/aromatic N) is 2. The molecule has 23 heavy (non-hydrogen) atoms. The van der Waals surface area contributed by atoms with Crippen LogP contribution in [0.3, 0.4) is 0 Å². The van der Waals surface area contributed by atoms with Gasteiger partial charge in [0.2, 0.25) is 0 Å². The third kappa shape index (κ3) is 3.19. The topological polar surface area (TPSA) is 44.1 Å². The van der Waals surface area contributed by atoms with E-state index in [0.29, 0.717) is 30.0 Å². The van der Waals surface area contributed by atoms with Gasteiger partial charge in [-0.1, -0.05) is 44.2 Å². The molecule has 1 aromatic carbocycles.